The summed E-state index contributed by atoms with van der Waals surface area (Å²) in [5.41, 5.74) is 4.60. The summed E-state index contributed by atoms with van der Waals surface area (Å²) in [5, 5.41) is 4.59. The van der Waals surface area contributed by atoms with Crippen molar-refractivity contribution in [1.82, 2.24) is 14.5 Å². The largest absolute Gasteiger partial charge is 0.359 e. The molecule has 0 saturated heterocycles. The number of rotatable bonds is 6. The second-order valence-corrected chi connectivity index (χ2v) is 8.22. The quantitative estimate of drug-likeness (QED) is 0.451. The van der Waals surface area contributed by atoms with Crippen LogP contribution in [0.5, 0.6) is 0 Å². The summed E-state index contributed by atoms with van der Waals surface area (Å²) in [6, 6.07) is 15.4. The molecule has 2 aromatic heterocycles. The molecule has 1 aliphatic rings. The highest BCUT2D eigenvalue weighted by Gasteiger charge is 2.19. The zero-order chi connectivity index (χ0) is 23.7. The lowest BCUT2D eigenvalue weighted by atomic mass is 10.0. The number of pyridine rings is 1. The van der Waals surface area contributed by atoms with Crippen LogP contribution in [0.3, 0.4) is 0 Å². The molecule has 0 saturated carbocycles. The van der Waals surface area contributed by atoms with E-state index in [1.54, 1.807) is 12.4 Å². The Morgan fingerprint density at radius 3 is 2.79 bits per heavy atom. The van der Waals surface area contributed by atoms with Crippen LogP contribution in [0.2, 0.25) is 0 Å². The van der Waals surface area contributed by atoms with Crippen molar-refractivity contribution in [3.63, 3.8) is 0 Å². The average Bonchev–Trinajstić information content (AvgIpc) is 3.05. The van der Waals surface area contributed by atoms with Crippen molar-refractivity contribution in [1.29, 1.82) is 0 Å². The highest BCUT2D eigenvalue weighted by atomic mass is 16.5. The molecular weight excluding hydrogens is 428 g/mol. The van der Waals surface area contributed by atoms with E-state index in [0.717, 1.165) is 33.8 Å². The number of ether oxygens (including phenoxy) is 1. The van der Waals surface area contributed by atoms with Crippen LogP contribution in [0.15, 0.2) is 70.9 Å². The van der Waals surface area contributed by atoms with Crippen LogP contribution in [-0.2, 0) is 9.53 Å². The van der Waals surface area contributed by atoms with Crippen LogP contribution in [0, 0.1) is 6.92 Å². The van der Waals surface area contributed by atoms with Crippen molar-refractivity contribution in [3.05, 3.63) is 83.0 Å². The van der Waals surface area contributed by atoms with Gasteiger partial charge in [-0.1, -0.05) is 18.2 Å². The van der Waals surface area contributed by atoms with E-state index in [0.29, 0.717) is 17.3 Å². The van der Waals surface area contributed by atoms with Crippen molar-refractivity contribution < 1.29 is 9.53 Å². The van der Waals surface area contributed by atoms with Crippen molar-refractivity contribution in [2.75, 3.05) is 11.9 Å². The smallest absolute Gasteiger partial charge is 0.248 e. The lowest BCUT2D eigenvalue weighted by Gasteiger charge is -2.16. The summed E-state index contributed by atoms with van der Waals surface area (Å²) < 4.78 is 7.72. The molecule has 5 rings (SSSR count). The minimum atomic E-state index is -0.332. The number of imidazole rings is 1. The van der Waals surface area contributed by atoms with Gasteiger partial charge in [-0.15, -0.1) is 0 Å². The lowest BCUT2D eigenvalue weighted by molar-refractivity contribution is -0.118. The van der Waals surface area contributed by atoms with E-state index in [4.69, 9.17) is 9.73 Å². The Bertz CT molecular complexity index is 1480. The second kappa shape index (κ2) is 9.15. The van der Waals surface area contributed by atoms with Gasteiger partial charge in [0, 0.05) is 18.5 Å². The van der Waals surface area contributed by atoms with Gasteiger partial charge in [0.2, 0.25) is 5.91 Å². The fourth-order valence-corrected chi connectivity index (χ4v) is 4.35. The van der Waals surface area contributed by atoms with E-state index >= 15 is 0 Å². The van der Waals surface area contributed by atoms with E-state index in [9.17, 15) is 4.79 Å². The maximum atomic E-state index is 12.6. The molecule has 0 aliphatic carbocycles. The summed E-state index contributed by atoms with van der Waals surface area (Å²) in [5.74, 6) is 0.701. The van der Waals surface area contributed by atoms with Crippen molar-refractivity contribution in [3.8, 4) is 5.69 Å². The molecule has 3 heterocycles. The number of hydrogen-bond donors (Lipinski definition) is 1. The number of para-hydroxylation sites is 1. The van der Waals surface area contributed by atoms with Gasteiger partial charge in [0.25, 0.3) is 0 Å². The molecule has 0 fully saturated rings. The van der Waals surface area contributed by atoms with Gasteiger partial charge in [-0.2, -0.15) is 0 Å². The van der Waals surface area contributed by atoms with E-state index in [-0.39, 0.29) is 24.6 Å². The summed E-state index contributed by atoms with van der Waals surface area (Å²) in [6.45, 7) is 6.46. The van der Waals surface area contributed by atoms with Crippen LogP contribution in [0.1, 0.15) is 37.7 Å². The Labute approximate surface area is 197 Å². The number of carbonyl (C=O) groups excluding carboxylic acids is 1. The predicted molar refractivity (Wildman–Crippen MR) is 129 cm³/mol. The first-order chi connectivity index (χ1) is 16.5. The molecule has 2 aromatic carbocycles. The van der Waals surface area contributed by atoms with Crippen molar-refractivity contribution in [2.24, 2.45) is 9.98 Å². The maximum absolute atomic E-state index is 12.6. The highest BCUT2D eigenvalue weighted by molar-refractivity contribution is 5.78. The van der Waals surface area contributed by atoms with Gasteiger partial charge in [-0.05, 0) is 56.7 Å². The normalized spacial score (nSPS) is 16.3. The second-order valence-electron chi connectivity index (χ2n) is 8.22. The SMILES string of the molecule is CCOC(C)Nc1cccc2c1=NC(c1ccc(-n3c(C)nc4cnccc43)cc1)CC(=O)N=2. The molecule has 4 aromatic rings. The fraction of sp³-hybridized carbons (Fsp3) is 0.269. The van der Waals surface area contributed by atoms with E-state index in [1.807, 2.05) is 69.3 Å². The molecule has 1 N–H and O–H groups in total. The standard InChI is InChI=1S/C26H26N6O2/c1-4-34-17(3)29-20-6-5-7-21-26(20)31-22(14-25(33)30-21)18-8-10-19(11-9-18)32-16(2)28-23-15-27-13-12-24(23)32/h5-13,15,17,22,29H,4,14H2,1-3H3. The Morgan fingerprint density at radius 1 is 1.18 bits per heavy atom. The minimum absolute atomic E-state index is 0.185. The Morgan fingerprint density at radius 2 is 2.00 bits per heavy atom. The summed E-state index contributed by atoms with van der Waals surface area (Å²) in [6.07, 6.45) is 3.56. The van der Waals surface area contributed by atoms with Gasteiger partial charge in [-0.25, -0.2) is 9.98 Å². The molecule has 0 spiro atoms. The number of hydrogen-bond acceptors (Lipinski definition) is 6. The minimum Gasteiger partial charge on any atom is -0.359 e. The molecule has 0 bridgehead atoms. The zero-order valence-electron chi connectivity index (χ0n) is 19.4. The van der Waals surface area contributed by atoms with Crippen LogP contribution < -0.4 is 16.0 Å². The van der Waals surface area contributed by atoms with E-state index in [2.05, 4.69) is 24.8 Å². The molecule has 2 atom stereocenters. The van der Waals surface area contributed by atoms with Gasteiger partial charge in [-0.3, -0.25) is 19.3 Å². The molecule has 0 radical (unpaired) electrons. The Hall–Kier alpha value is -3.91. The molecular formula is C26H26N6O2. The number of aryl methyl sites for hydroxylation is 1. The highest BCUT2D eigenvalue weighted by Crippen LogP contribution is 2.26. The van der Waals surface area contributed by atoms with Crippen molar-refractivity contribution in [2.45, 2.75) is 39.5 Å². The van der Waals surface area contributed by atoms with Crippen LogP contribution in [0.25, 0.3) is 16.7 Å². The predicted octanol–water partition coefficient (Wildman–Crippen LogP) is 3.43. The summed E-state index contributed by atoms with van der Waals surface area (Å²) in [7, 11) is 0. The monoisotopic (exact) mass is 454 g/mol. The first-order valence-corrected chi connectivity index (χ1v) is 11.4. The number of carbonyl (C=O) groups is 1. The van der Waals surface area contributed by atoms with Crippen LogP contribution in [-0.4, -0.2) is 33.3 Å². The number of benzene rings is 2. The van der Waals surface area contributed by atoms with Crippen LogP contribution in [0.4, 0.5) is 5.69 Å². The lowest BCUT2D eigenvalue weighted by Crippen LogP contribution is -2.32. The molecule has 8 nitrogen and oxygen atoms in total. The topological polar surface area (TPSA) is 93.8 Å². The molecule has 2 unspecified atom stereocenters. The number of amides is 1. The maximum Gasteiger partial charge on any atom is 0.248 e. The third kappa shape index (κ3) is 4.20. The number of nitrogens with zero attached hydrogens (tertiary/aromatic N) is 5. The van der Waals surface area contributed by atoms with Crippen LogP contribution >= 0.6 is 0 Å². The fourth-order valence-electron chi connectivity index (χ4n) is 4.35. The molecule has 1 aliphatic heterocycles. The zero-order valence-corrected chi connectivity index (χ0v) is 19.4. The van der Waals surface area contributed by atoms with Gasteiger partial charge in [0.1, 0.15) is 22.9 Å². The van der Waals surface area contributed by atoms with E-state index in [1.165, 1.54) is 0 Å². The third-order valence-electron chi connectivity index (χ3n) is 5.85. The van der Waals surface area contributed by atoms with Crippen molar-refractivity contribution >= 4 is 22.6 Å². The molecule has 34 heavy (non-hydrogen) atoms. The molecule has 172 valence electrons. The number of anilines is 1. The average molecular weight is 455 g/mol. The van der Waals surface area contributed by atoms with Gasteiger partial charge in [0.15, 0.2) is 0 Å². The summed E-state index contributed by atoms with van der Waals surface area (Å²) >= 11 is 0. The molecule has 8 heteroatoms. The van der Waals surface area contributed by atoms with Gasteiger partial charge < -0.3 is 10.1 Å². The first kappa shape index (κ1) is 21.9. The molecule has 1 amide bonds. The Balaban J connectivity index is 1.53. The number of fused-ring (bicyclic) bond motifs is 2. The third-order valence-corrected chi connectivity index (χ3v) is 5.85. The Kier molecular flexibility index (Phi) is 5.90. The van der Waals surface area contributed by atoms with E-state index < -0.39 is 0 Å². The van der Waals surface area contributed by atoms with Gasteiger partial charge >= 0.3 is 0 Å². The number of nitrogens with one attached hydrogen (secondary N) is 1. The summed E-state index contributed by atoms with van der Waals surface area (Å²) in [4.78, 5) is 30.7. The number of aromatic nitrogens is 3. The van der Waals surface area contributed by atoms with Gasteiger partial charge in [0.05, 0.1) is 35.2 Å². The first-order valence-electron chi connectivity index (χ1n) is 11.4.